The fraction of sp³-hybridized carbons (Fsp3) is 0.438. The lowest BCUT2D eigenvalue weighted by Crippen LogP contribution is -2.50. The SMILES string of the molecule is O=C(COc1ccccc1Cl)N1CC[C@@H]2OCc3cnnn3[C@@H]2C1. The molecule has 7 nitrogen and oxygen atoms in total. The molecule has 2 aromatic rings. The quantitative estimate of drug-likeness (QED) is 0.844. The lowest BCUT2D eigenvalue weighted by molar-refractivity contribution is -0.140. The van der Waals surface area contributed by atoms with E-state index in [4.69, 9.17) is 21.1 Å². The van der Waals surface area contributed by atoms with Crippen LogP contribution in [0.3, 0.4) is 0 Å². The standard InChI is InChI=1S/C16H17ClN4O3/c17-12-3-1-2-4-14(12)24-10-16(22)20-6-5-15-13(8-20)21-11(9-23-15)7-18-19-21/h1-4,7,13,15H,5-6,8-10H2/t13-,15+/m1/s1. The van der Waals surface area contributed by atoms with Crippen LogP contribution >= 0.6 is 11.6 Å². The van der Waals surface area contributed by atoms with E-state index in [9.17, 15) is 4.79 Å². The highest BCUT2D eigenvalue weighted by Crippen LogP contribution is 2.30. The van der Waals surface area contributed by atoms with E-state index in [0.29, 0.717) is 30.5 Å². The van der Waals surface area contributed by atoms with Crippen LogP contribution in [-0.2, 0) is 16.1 Å². The molecule has 1 aromatic carbocycles. The number of aromatic nitrogens is 3. The summed E-state index contributed by atoms with van der Waals surface area (Å²) in [5, 5.41) is 8.58. The van der Waals surface area contributed by atoms with Crippen LogP contribution in [0.1, 0.15) is 18.2 Å². The minimum Gasteiger partial charge on any atom is -0.482 e. The molecule has 4 rings (SSSR count). The molecule has 0 aliphatic carbocycles. The molecule has 126 valence electrons. The van der Waals surface area contributed by atoms with Crippen LogP contribution in [0.25, 0.3) is 0 Å². The third-order valence-electron chi connectivity index (χ3n) is 4.47. The van der Waals surface area contributed by atoms with Crippen molar-refractivity contribution in [3.8, 4) is 5.75 Å². The molecule has 8 heteroatoms. The van der Waals surface area contributed by atoms with Crippen LogP contribution in [0.15, 0.2) is 30.5 Å². The van der Waals surface area contributed by atoms with Gasteiger partial charge in [-0.3, -0.25) is 4.79 Å². The van der Waals surface area contributed by atoms with Crippen LogP contribution < -0.4 is 4.74 Å². The summed E-state index contributed by atoms with van der Waals surface area (Å²) >= 11 is 6.04. The van der Waals surface area contributed by atoms with E-state index in [0.717, 1.165) is 12.1 Å². The number of para-hydroxylation sites is 1. The van der Waals surface area contributed by atoms with Crippen molar-refractivity contribution in [3.63, 3.8) is 0 Å². The van der Waals surface area contributed by atoms with Gasteiger partial charge in [0.25, 0.3) is 5.91 Å². The van der Waals surface area contributed by atoms with Crippen molar-refractivity contribution in [1.82, 2.24) is 19.9 Å². The highest BCUT2D eigenvalue weighted by atomic mass is 35.5. The Morgan fingerprint density at radius 1 is 1.42 bits per heavy atom. The van der Waals surface area contributed by atoms with E-state index in [2.05, 4.69) is 10.3 Å². The van der Waals surface area contributed by atoms with Gasteiger partial charge in [-0.15, -0.1) is 5.10 Å². The van der Waals surface area contributed by atoms with Gasteiger partial charge in [-0.05, 0) is 18.6 Å². The second kappa shape index (κ2) is 6.41. The molecule has 0 saturated carbocycles. The van der Waals surface area contributed by atoms with Gasteiger partial charge in [-0.1, -0.05) is 28.9 Å². The molecule has 3 heterocycles. The number of ether oxygens (including phenoxy) is 2. The number of fused-ring (bicyclic) bond motifs is 3. The Bertz CT molecular complexity index is 750. The van der Waals surface area contributed by atoms with Crippen LogP contribution in [0, 0.1) is 0 Å². The predicted octanol–water partition coefficient (Wildman–Crippen LogP) is 1.68. The number of hydrogen-bond donors (Lipinski definition) is 0. The zero-order chi connectivity index (χ0) is 16.5. The summed E-state index contributed by atoms with van der Waals surface area (Å²) in [5.41, 5.74) is 0.942. The minimum absolute atomic E-state index is 0.00858. The predicted molar refractivity (Wildman–Crippen MR) is 85.8 cm³/mol. The molecule has 2 aliphatic heterocycles. The lowest BCUT2D eigenvalue weighted by atomic mass is 10.0. The van der Waals surface area contributed by atoms with Gasteiger partial charge in [0.05, 0.1) is 35.7 Å². The first-order valence-electron chi connectivity index (χ1n) is 7.88. The Morgan fingerprint density at radius 2 is 2.29 bits per heavy atom. The fourth-order valence-electron chi connectivity index (χ4n) is 3.20. The van der Waals surface area contributed by atoms with Crippen molar-refractivity contribution < 1.29 is 14.3 Å². The largest absolute Gasteiger partial charge is 0.482 e. The number of nitrogens with zero attached hydrogens (tertiary/aromatic N) is 4. The second-order valence-electron chi connectivity index (χ2n) is 5.93. The van der Waals surface area contributed by atoms with E-state index in [1.165, 1.54) is 0 Å². The molecule has 1 fully saturated rings. The molecular weight excluding hydrogens is 332 g/mol. The maximum Gasteiger partial charge on any atom is 0.260 e. The zero-order valence-corrected chi connectivity index (χ0v) is 13.7. The topological polar surface area (TPSA) is 69.5 Å². The monoisotopic (exact) mass is 348 g/mol. The van der Waals surface area contributed by atoms with Gasteiger partial charge in [0.1, 0.15) is 5.75 Å². The molecular formula is C16H17ClN4O3. The number of halogens is 1. The Morgan fingerprint density at radius 3 is 3.17 bits per heavy atom. The minimum atomic E-state index is -0.0689. The third-order valence-corrected chi connectivity index (χ3v) is 4.78. The summed E-state index contributed by atoms with van der Waals surface area (Å²) < 4.78 is 13.3. The van der Waals surface area contributed by atoms with Gasteiger partial charge >= 0.3 is 0 Å². The molecule has 1 saturated heterocycles. The Kier molecular flexibility index (Phi) is 4.12. The summed E-state index contributed by atoms with van der Waals surface area (Å²) in [6.07, 6.45) is 2.56. The first kappa shape index (κ1) is 15.4. The Hall–Kier alpha value is -2.12. The average molecular weight is 349 g/mol. The fourth-order valence-corrected chi connectivity index (χ4v) is 3.39. The van der Waals surface area contributed by atoms with Crippen molar-refractivity contribution in [3.05, 3.63) is 41.2 Å². The van der Waals surface area contributed by atoms with E-state index in [1.807, 2.05) is 16.8 Å². The van der Waals surface area contributed by atoms with Crippen LogP contribution in [-0.4, -0.2) is 51.6 Å². The number of carbonyl (C=O) groups is 1. The molecule has 0 radical (unpaired) electrons. The summed E-state index contributed by atoms with van der Waals surface area (Å²) in [6, 6.07) is 7.13. The van der Waals surface area contributed by atoms with E-state index in [-0.39, 0.29) is 24.7 Å². The smallest absolute Gasteiger partial charge is 0.260 e. The summed E-state index contributed by atoms with van der Waals surface area (Å²) in [4.78, 5) is 14.3. The zero-order valence-electron chi connectivity index (χ0n) is 13.0. The third kappa shape index (κ3) is 2.85. The van der Waals surface area contributed by atoms with Gasteiger partial charge in [-0.2, -0.15) is 0 Å². The van der Waals surface area contributed by atoms with Crippen LogP contribution in [0.2, 0.25) is 5.02 Å². The van der Waals surface area contributed by atoms with Gasteiger partial charge in [0.2, 0.25) is 0 Å². The molecule has 0 N–H and O–H groups in total. The van der Waals surface area contributed by atoms with Crippen molar-refractivity contribution >= 4 is 17.5 Å². The number of amides is 1. The Labute approximate surface area is 144 Å². The molecule has 0 unspecified atom stereocenters. The molecule has 1 aromatic heterocycles. The number of likely N-dealkylation sites (tertiary alicyclic amines) is 1. The summed E-state index contributed by atoms with van der Waals surface area (Å²) in [6.45, 7) is 1.69. The molecule has 2 atom stereocenters. The maximum absolute atomic E-state index is 12.5. The number of piperidine rings is 1. The second-order valence-corrected chi connectivity index (χ2v) is 6.34. The Balaban J connectivity index is 1.41. The van der Waals surface area contributed by atoms with E-state index >= 15 is 0 Å². The summed E-state index contributed by atoms with van der Waals surface area (Å²) in [5.74, 6) is 0.447. The number of hydrogen-bond acceptors (Lipinski definition) is 5. The van der Waals surface area contributed by atoms with Crippen molar-refractivity contribution in [1.29, 1.82) is 0 Å². The summed E-state index contributed by atoms with van der Waals surface area (Å²) in [7, 11) is 0. The van der Waals surface area contributed by atoms with E-state index < -0.39 is 0 Å². The number of rotatable bonds is 3. The number of carbonyl (C=O) groups excluding carboxylic acids is 1. The first-order valence-corrected chi connectivity index (χ1v) is 8.26. The molecule has 24 heavy (non-hydrogen) atoms. The molecule has 2 aliphatic rings. The molecule has 0 bridgehead atoms. The van der Waals surface area contributed by atoms with Gasteiger partial charge in [0.15, 0.2) is 6.61 Å². The lowest BCUT2D eigenvalue weighted by Gasteiger charge is -2.40. The maximum atomic E-state index is 12.5. The average Bonchev–Trinajstić information content (AvgIpc) is 3.09. The van der Waals surface area contributed by atoms with Crippen LogP contribution in [0.4, 0.5) is 0 Å². The highest BCUT2D eigenvalue weighted by molar-refractivity contribution is 6.32. The van der Waals surface area contributed by atoms with Crippen LogP contribution in [0.5, 0.6) is 5.75 Å². The molecule has 0 spiro atoms. The number of benzene rings is 1. The van der Waals surface area contributed by atoms with Crippen molar-refractivity contribution in [2.24, 2.45) is 0 Å². The van der Waals surface area contributed by atoms with Gasteiger partial charge < -0.3 is 14.4 Å². The van der Waals surface area contributed by atoms with Crippen molar-refractivity contribution in [2.75, 3.05) is 19.7 Å². The normalized spacial score (nSPS) is 22.6. The van der Waals surface area contributed by atoms with Gasteiger partial charge in [0, 0.05) is 13.1 Å². The molecule has 1 amide bonds. The van der Waals surface area contributed by atoms with Gasteiger partial charge in [-0.25, -0.2) is 4.68 Å². The highest BCUT2D eigenvalue weighted by Gasteiger charge is 2.37. The van der Waals surface area contributed by atoms with Crippen molar-refractivity contribution in [2.45, 2.75) is 25.2 Å². The van der Waals surface area contributed by atoms with E-state index in [1.54, 1.807) is 23.2 Å². The first-order chi connectivity index (χ1) is 11.7.